The van der Waals surface area contributed by atoms with Gasteiger partial charge in [0, 0.05) is 29.9 Å². The number of benzene rings is 2. The number of carbonyl (C=O) groups is 1. The Hall–Kier alpha value is -2.07. The van der Waals surface area contributed by atoms with Crippen molar-refractivity contribution in [2.75, 3.05) is 18.4 Å². The molecule has 1 saturated heterocycles. The maximum Gasteiger partial charge on any atom is 0.255 e. The van der Waals surface area contributed by atoms with Crippen molar-refractivity contribution < 1.29 is 27.1 Å². The fourth-order valence-corrected chi connectivity index (χ4v) is 6.40. The molecule has 4 rings (SSSR count). The highest BCUT2D eigenvalue weighted by Crippen LogP contribution is 2.45. The monoisotopic (exact) mass is 512 g/mol. The molecule has 0 aromatic heterocycles. The fraction of sp³-hybridized carbons (Fsp3) is 0.458. The van der Waals surface area contributed by atoms with Crippen molar-refractivity contribution in [2.45, 2.75) is 55.7 Å². The molecule has 2 aromatic rings. The third-order valence-corrected chi connectivity index (χ3v) is 8.94. The first-order valence-corrected chi connectivity index (χ1v) is 13.1. The number of nitrogens with one attached hydrogen (secondary N) is 1. The van der Waals surface area contributed by atoms with E-state index in [9.17, 15) is 27.1 Å². The van der Waals surface area contributed by atoms with Crippen LogP contribution in [-0.2, 0) is 16.7 Å². The Morgan fingerprint density at radius 3 is 2.59 bits per heavy atom. The highest BCUT2D eigenvalue weighted by atomic mass is 35.5. The number of hydrogen-bond donors (Lipinski definition) is 2. The Morgan fingerprint density at radius 2 is 1.91 bits per heavy atom. The number of halogens is 3. The van der Waals surface area contributed by atoms with Gasteiger partial charge in [0.05, 0.1) is 15.5 Å². The molecule has 1 aliphatic heterocycles. The van der Waals surface area contributed by atoms with Gasteiger partial charge in [-0.1, -0.05) is 17.7 Å². The standard InChI is InChI=1S/C24H27ClF2N2O4S/c25-20-14-19(7-8-21(20)27)28-23(30)16-3-4-17(15-26)22(13-16)34(32,33)29-11-2-1-9-24(31,10-12-29)18-5-6-18/h3-4,7-8,13-14,18,31H,1-2,5-6,9-12,15H2,(H,28,30). The van der Waals surface area contributed by atoms with E-state index in [-0.39, 0.29) is 45.7 Å². The predicted octanol–water partition coefficient (Wildman–Crippen LogP) is 4.91. The van der Waals surface area contributed by atoms with Crippen LogP contribution in [-0.4, -0.2) is 42.4 Å². The number of carbonyl (C=O) groups excluding carboxylic acids is 1. The molecule has 1 aliphatic carbocycles. The maximum atomic E-state index is 13.8. The van der Waals surface area contributed by atoms with Crippen molar-refractivity contribution in [2.24, 2.45) is 5.92 Å². The lowest BCUT2D eigenvalue weighted by Crippen LogP contribution is -2.42. The normalized spacial score (nSPS) is 22.1. The first-order chi connectivity index (χ1) is 16.1. The number of alkyl halides is 1. The first-order valence-electron chi connectivity index (χ1n) is 11.3. The van der Waals surface area contributed by atoms with Crippen LogP contribution in [0.2, 0.25) is 5.02 Å². The van der Waals surface area contributed by atoms with Crippen LogP contribution < -0.4 is 5.32 Å². The summed E-state index contributed by atoms with van der Waals surface area (Å²) in [4.78, 5) is 12.5. The second-order valence-electron chi connectivity index (χ2n) is 9.03. The minimum atomic E-state index is -4.11. The zero-order valence-electron chi connectivity index (χ0n) is 18.6. The molecule has 6 nitrogen and oxygen atoms in total. The number of aliphatic hydroxyl groups is 1. The molecule has 0 spiro atoms. The van der Waals surface area contributed by atoms with E-state index in [1.54, 1.807) is 0 Å². The summed E-state index contributed by atoms with van der Waals surface area (Å²) in [5.41, 5.74) is -0.660. The quantitative estimate of drug-likeness (QED) is 0.576. The van der Waals surface area contributed by atoms with E-state index in [0.717, 1.165) is 25.0 Å². The summed E-state index contributed by atoms with van der Waals surface area (Å²) in [5, 5.41) is 13.4. The summed E-state index contributed by atoms with van der Waals surface area (Å²) in [6, 6.07) is 7.45. The Kier molecular flexibility index (Phi) is 7.28. The smallest absolute Gasteiger partial charge is 0.255 e. The molecule has 0 bridgehead atoms. The summed E-state index contributed by atoms with van der Waals surface area (Å²) in [6.07, 6.45) is 4.18. The lowest BCUT2D eigenvalue weighted by atomic mass is 9.87. The minimum Gasteiger partial charge on any atom is -0.390 e. The molecule has 2 N–H and O–H groups in total. The Balaban J connectivity index is 1.59. The Labute approximate surface area is 203 Å². The van der Waals surface area contributed by atoms with Gasteiger partial charge in [0.2, 0.25) is 10.0 Å². The van der Waals surface area contributed by atoms with E-state index in [1.807, 2.05) is 0 Å². The van der Waals surface area contributed by atoms with Gasteiger partial charge in [0.15, 0.2) is 0 Å². The molecular weight excluding hydrogens is 486 g/mol. The summed E-state index contributed by atoms with van der Waals surface area (Å²) in [5.74, 6) is -1.06. The highest BCUT2D eigenvalue weighted by Gasteiger charge is 2.44. The van der Waals surface area contributed by atoms with E-state index in [4.69, 9.17) is 11.6 Å². The predicted molar refractivity (Wildman–Crippen MR) is 126 cm³/mol. The fourth-order valence-electron chi connectivity index (χ4n) is 4.51. The molecule has 2 aromatic carbocycles. The summed E-state index contributed by atoms with van der Waals surface area (Å²) in [6.45, 7) is -0.616. The van der Waals surface area contributed by atoms with E-state index in [0.29, 0.717) is 25.7 Å². The summed E-state index contributed by atoms with van der Waals surface area (Å²) in [7, 11) is -4.11. The van der Waals surface area contributed by atoms with Gasteiger partial charge in [0.25, 0.3) is 5.91 Å². The van der Waals surface area contributed by atoms with Crippen LogP contribution in [0.15, 0.2) is 41.3 Å². The zero-order chi connectivity index (χ0) is 24.5. The number of anilines is 1. The third-order valence-electron chi connectivity index (χ3n) is 6.67. The molecule has 10 heteroatoms. The minimum absolute atomic E-state index is 0.0118. The van der Waals surface area contributed by atoms with Crippen LogP contribution in [0.3, 0.4) is 0 Å². The second-order valence-corrected chi connectivity index (χ2v) is 11.3. The van der Waals surface area contributed by atoms with Crippen LogP contribution >= 0.6 is 11.6 Å². The van der Waals surface area contributed by atoms with Crippen molar-refractivity contribution in [1.29, 1.82) is 0 Å². The molecule has 1 unspecified atom stereocenters. The van der Waals surface area contributed by atoms with Gasteiger partial charge in [-0.2, -0.15) is 4.31 Å². The van der Waals surface area contributed by atoms with Crippen molar-refractivity contribution in [3.8, 4) is 0 Å². The second kappa shape index (κ2) is 9.89. The number of nitrogens with zero attached hydrogens (tertiary/aromatic N) is 1. The number of rotatable bonds is 6. The summed E-state index contributed by atoms with van der Waals surface area (Å²) < 4.78 is 55.5. The zero-order valence-corrected chi connectivity index (χ0v) is 20.1. The molecule has 0 radical (unpaired) electrons. The van der Waals surface area contributed by atoms with Gasteiger partial charge in [-0.05, 0) is 74.8 Å². The van der Waals surface area contributed by atoms with E-state index < -0.39 is 34.0 Å². The van der Waals surface area contributed by atoms with Crippen LogP contribution in [0.25, 0.3) is 0 Å². The molecule has 2 aliphatic rings. The largest absolute Gasteiger partial charge is 0.390 e. The third kappa shape index (κ3) is 5.27. The number of hydrogen-bond acceptors (Lipinski definition) is 4. The number of sulfonamides is 1. The van der Waals surface area contributed by atoms with Gasteiger partial charge >= 0.3 is 0 Å². The molecule has 1 saturated carbocycles. The highest BCUT2D eigenvalue weighted by molar-refractivity contribution is 7.89. The van der Waals surface area contributed by atoms with E-state index >= 15 is 0 Å². The van der Waals surface area contributed by atoms with Crippen LogP contribution in [0.4, 0.5) is 14.5 Å². The van der Waals surface area contributed by atoms with Crippen LogP contribution in [0.5, 0.6) is 0 Å². The molecule has 34 heavy (non-hydrogen) atoms. The van der Waals surface area contributed by atoms with Crippen molar-refractivity contribution in [1.82, 2.24) is 4.31 Å². The molecular formula is C24H27ClF2N2O4S. The van der Waals surface area contributed by atoms with Crippen molar-refractivity contribution >= 4 is 33.2 Å². The van der Waals surface area contributed by atoms with Crippen LogP contribution in [0.1, 0.15) is 54.4 Å². The van der Waals surface area contributed by atoms with Gasteiger partial charge in [0.1, 0.15) is 12.5 Å². The van der Waals surface area contributed by atoms with Crippen molar-refractivity contribution in [3.05, 3.63) is 58.4 Å². The van der Waals surface area contributed by atoms with E-state index in [2.05, 4.69) is 5.32 Å². The topological polar surface area (TPSA) is 86.7 Å². The molecule has 1 heterocycles. The number of amides is 1. The molecule has 1 atom stereocenters. The molecule has 2 fully saturated rings. The SMILES string of the molecule is O=C(Nc1ccc(F)c(Cl)c1)c1ccc(CF)c(S(=O)(=O)N2CCCCC(O)(C3CC3)CC2)c1. The molecule has 1 amide bonds. The molecule has 184 valence electrons. The lowest BCUT2D eigenvalue weighted by Gasteiger charge is -2.34. The Bertz CT molecular complexity index is 1190. The van der Waals surface area contributed by atoms with Crippen LogP contribution in [0, 0.1) is 11.7 Å². The van der Waals surface area contributed by atoms with Crippen molar-refractivity contribution in [3.63, 3.8) is 0 Å². The van der Waals surface area contributed by atoms with E-state index in [1.165, 1.54) is 28.6 Å². The Morgan fingerprint density at radius 1 is 1.15 bits per heavy atom. The van der Waals surface area contributed by atoms with Gasteiger partial charge in [-0.15, -0.1) is 0 Å². The van der Waals surface area contributed by atoms with Gasteiger partial charge in [-0.25, -0.2) is 17.2 Å². The average Bonchev–Trinajstić information content (AvgIpc) is 3.64. The average molecular weight is 513 g/mol. The summed E-state index contributed by atoms with van der Waals surface area (Å²) >= 11 is 5.75. The van der Waals surface area contributed by atoms with Gasteiger partial charge < -0.3 is 10.4 Å². The van der Waals surface area contributed by atoms with Gasteiger partial charge in [-0.3, -0.25) is 4.79 Å². The maximum absolute atomic E-state index is 13.8. The lowest BCUT2D eigenvalue weighted by molar-refractivity contribution is -0.0100. The first kappa shape index (κ1) is 25.0.